The van der Waals surface area contributed by atoms with E-state index < -0.39 is 0 Å². The molecule has 0 saturated carbocycles. The van der Waals surface area contributed by atoms with E-state index in [1.807, 2.05) is 33.9 Å². The first-order valence-corrected chi connectivity index (χ1v) is 7.00. The number of imidazole rings is 1. The summed E-state index contributed by atoms with van der Waals surface area (Å²) < 4.78 is 9.95. The SMILES string of the molecule is COCCn1cnc(-c2ccc3cc(I)nn3c2)c1. The lowest BCUT2D eigenvalue weighted by atomic mass is 10.2. The van der Waals surface area contributed by atoms with Gasteiger partial charge >= 0.3 is 0 Å². The highest BCUT2D eigenvalue weighted by Gasteiger charge is 2.05. The number of aromatic nitrogens is 4. The molecule has 0 fully saturated rings. The zero-order valence-electron chi connectivity index (χ0n) is 10.5. The van der Waals surface area contributed by atoms with Crippen molar-refractivity contribution in [2.45, 2.75) is 6.54 Å². The Labute approximate surface area is 124 Å². The van der Waals surface area contributed by atoms with Crippen LogP contribution in [0.3, 0.4) is 0 Å². The molecule has 3 heterocycles. The van der Waals surface area contributed by atoms with Crippen LogP contribution in [-0.4, -0.2) is 32.9 Å². The third kappa shape index (κ3) is 2.64. The molecule has 0 aliphatic carbocycles. The molecule has 3 aromatic rings. The molecule has 0 bridgehead atoms. The maximum absolute atomic E-state index is 5.06. The fraction of sp³-hybridized carbons (Fsp3) is 0.231. The van der Waals surface area contributed by atoms with E-state index in [0.717, 1.165) is 27.0 Å². The van der Waals surface area contributed by atoms with Crippen molar-refractivity contribution in [3.8, 4) is 11.3 Å². The Morgan fingerprint density at radius 1 is 1.32 bits per heavy atom. The molecule has 0 radical (unpaired) electrons. The first kappa shape index (κ1) is 12.6. The van der Waals surface area contributed by atoms with E-state index in [4.69, 9.17) is 4.74 Å². The molecule has 6 heteroatoms. The molecule has 19 heavy (non-hydrogen) atoms. The van der Waals surface area contributed by atoms with Crippen LogP contribution in [0.15, 0.2) is 36.9 Å². The molecule has 0 aromatic carbocycles. The van der Waals surface area contributed by atoms with Crippen LogP contribution in [0.1, 0.15) is 0 Å². The molecule has 3 aromatic heterocycles. The molecule has 0 atom stereocenters. The summed E-state index contributed by atoms with van der Waals surface area (Å²) in [5, 5.41) is 4.40. The molecule has 0 amide bonds. The van der Waals surface area contributed by atoms with Gasteiger partial charge in [-0.2, -0.15) is 5.10 Å². The summed E-state index contributed by atoms with van der Waals surface area (Å²) >= 11 is 2.21. The maximum Gasteiger partial charge on any atom is 0.124 e. The normalized spacial score (nSPS) is 11.3. The third-order valence-corrected chi connectivity index (χ3v) is 3.44. The van der Waals surface area contributed by atoms with E-state index in [0.29, 0.717) is 6.61 Å². The molecule has 3 rings (SSSR count). The van der Waals surface area contributed by atoms with Gasteiger partial charge in [0.15, 0.2) is 0 Å². The third-order valence-electron chi connectivity index (χ3n) is 2.91. The average Bonchev–Trinajstić information content (AvgIpc) is 3.00. The Morgan fingerprint density at radius 2 is 2.21 bits per heavy atom. The van der Waals surface area contributed by atoms with E-state index in [9.17, 15) is 0 Å². The van der Waals surface area contributed by atoms with E-state index >= 15 is 0 Å². The van der Waals surface area contributed by atoms with Gasteiger partial charge < -0.3 is 9.30 Å². The van der Waals surface area contributed by atoms with E-state index in [1.165, 1.54) is 0 Å². The lowest BCUT2D eigenvalue weighted by Gasteiger charge is -2.00. The molecule has 0 aliphatic heterocycles. The molecule has 0 spiro atoms. The van der Waals surface area contributed by atoms with Crippen molar-refractivity contribution in [1.82, 2.24) is 19.2 Å². The van der Waals surface area contributed by atoms with E-state index in [-0.39, 0.29) is 0 Å². The van der Waals surface area contributed by atoms with Crippen molar-refractivity contribution in [2.24, 2.45) is 0 Å². The van der Waals surface area contributed by atoms with Gasteiger partial charge in [0.25, 0.3) is 0 Å². The van der Waals surface area contributed by atoms with E-state index in [2.05, 4.69) is 44.8 Å². The fourth-order valence-corrected chi connectivity index (χ4v) is 2.49. The largest absolute Gasteiger partial charge is 0.383 e. The summed E-state index contributed by atoms with van der Waals surface area (Å²) in [4.78, 5) is 4.42. The fourth-order valence-electron chi connectivity index (χ4n) is 1.94. The van der Waals surface area contributed by atoms with Crippen LogP contribution in [0.2, 0.25) is 0 Å². The molecular weight excluding hydrogens is 355 g/mol. The Morgan fingerprint density at radius 3 is 3.05 bits per heavy atom. The smallest absolute Gasteiger partial charge is 0.124 e. The molecule has 5 nitrogen and oxygen atoms in total. The molecule has 0 saturated heterocycles. The molecule has 0 aliphatic rings. The average molecular weight is 368 g/mol. The van der Waals surface area contributed by atoms with Crippen molar-refractivity contribution >= 4 is 28.1 Å². The molecule has 98 valence electrons. The number of hydrogen-bond donors (Lipinski definition) is 0. The van der Waals surface area contributed by atoms with Gasteiger partial charge in [-0.3, -0.25) is 0 Å². The minimum absolute atomic E-state index is 0.687. The minimum atomic E-state index is 0.687. The molecule has 0 unspecified atom stereocenters. The second-order valence-corrected chi connectivity index (χ2v) is 5.35. The quantitative estimate of drug-likeness (QED) is 0.665. The Balaban J connectivity index is 1.92. The maximum atomic E-state index is 5.06. The summed E-state index contributed by atoms with van der Waals surface area (Å²) in [7, 11) is 1.70. The number of pyridine rings is 1. The van der Waals surface area contributed by atoms with Crippen LogP contribution in [0.5, 0.6) is 0 Å². The van der Waals surface area contributed by atoms with E-state index in [1.54, 1.807) is 7.11 Å². The number of fused-ring (bicyclic) bond motifs is 1. The highest BCUT2D eigenvalue weighted by Crippen LogP contribution is 2.19. The number of halogens is 1. The first-order chi connectivity index (χ1) is 9.26. The van der Waals surface area contributed by atoms with Gasteiger partial charge in [-0.05, 0) is 40.8 Å². The highest BCUT2D eigenvalue weighted by atomic mass is 127. The standard InChI is InChI=1S/C13H13IN4O/c1-19-5-4-17-8-12(15-9-17)10-2-3-11-6-13(14)16-18(11)7-10/h2-3,6-9H,4-5H2,1H3. The van der Waals surface area contributed by atoms with Crippen molar-refractivity contribution in [3.05, 3.63) is 40.6 Å². The second-order valence-electron chi connectivity index (χ2n) is 4.24. The van der Waals surface area contributed by atoms with Gasteiger partial charge in [0.05, 0.1) is 24.1 Å². The van der Waals surface area contributed by atoms with Crippen molar-refractivity contribution < 1.29 is 4.74 Å². The Bertz CT molecular complexity index is 704. The zero-order chi connectivity index (χ0) is 13.2. The highest BCUT2D eigenvalue weighted by molar-refractivity contribution is 14.1. The minimum Gasteiger partial charge on any atom is -0.383 e. The van der Waals surface area contributed by atoms with Crippen molar-refractivity contribution in [3.63, 3.8) is 0 Å². The summed E-state index contributed by atoms with van der Waals surface area (Å²) in [5.41, 5.74) is 3.10. The first-order valence-electron chi connectivity index (χ1n) is 5.92. The number of rotatable bonds is 4. The van der Waals surface area contributed by atoms with Crippen LogP contribution in [0.25, 0.3) is 16.8 Å². The van der Waals surface area contributed by atoms with Gasteiger partial charge in [-0.25, -0.2) is 9.50 Å². The Hall–Kier alpha value is -1.41. The summed E-state index contributed by atoms with van der Waals surface area (Å²) in [6.45, 7) is 1.50. The second kappa shape index (κ2) is 5.30. The number of hydrogen-bond acceptors (Lipinski definition) is 3. The lowest BCUT2D eigenvalue weighted by molar-refractivity contribution is 0.187. The van der Waals surface area contributed by atoms with Crippen molar-refractivity contribution in [1.29, 1.82) is 0 Å². The number of methoxy groups -OCH3 is 1. The summed E-state index contributed by atoms with van der Waals surface area (Å²) in [5.74, 6) is 0. The topological polar surface area (TPSA) is 44.3 Å². The van der Waals surface area contributed by atoms with Gasteiger partial charge in [-0.15, -0.1) is 0 Å². The van der Waals surface area contributed by atoms with Crippen LogP contribution < -0.4 is 0 Å². The van der Waals surface area contributed by atoms with Crippen LogP contribution in [0.4, 0.5) is 0 Å². The van der Waals surface area contributed by atoms with Gasteiger partial charge in [0.2, 0.25) is 0 Å². The van der Waals surface area contributed by atoms with Crippen LogP contribution in [0, 0.1) is 3.70 Å². The van der Waals surface area contributed by atoms with Gasteiger partial charge in [-0.1, -0.05) is 0 Å². The lowest BCUT2D eigenvalue weighted by Crippen LogP contribution is -2.00. The zero-order valence-corrected chi connectivity index (χ0v) is 12.6. The van der Waals surface area contributed by atoms with Crippen LogP contribution in [-0.2, 0) is 11.3 Å². The predicted molar refractivity (Wildman–Crippen MR) is 81.0 cm³/mol. The summed E-state index contributed by atoms with van der Waals surface area (Å²) in [6.07, 6.45) is 5.85. The van der Waals surface area contributed by atoms with Crippen molar-refractivity contribution in [2.75, 3.05) is 13.7 Å². The molecular formula is C13H13IN4O. The van der Waals surface area contributed by atoms with Gasteiger partial charge in [0.1, 0.15) is 3.70 Å². The predicted octanol–water partition coefficient (Wildman–Crippen LogP) is 2.45. The van der Waals surface area contributed by atoms with Crippen LogP contribution >= 0.6 is 22.6 Å². The monoisotopic (exact) mass is 368 g/mol. The summed E-state index contributed by atoms with van der Waals surface area (Å²) in [6, 6.07) is 6.16. The Kier molecular flexibility index (Phi) is 3.52. The molecule has 0 N–H and O–H groups in total. The van der Waals surface area contributed by atoms with Gasteiger partial charge in [0, 0.05) is 31.6 Å². The number of nitrogens with zero attached hydrogens (tertiary/aromatic N) is 4. The number of ether oxygens (including phenoxy) is 1.